The summed E-state index contributed by atoms with van der Waals surface area (Å²) in [7, 11) is 0. The van der Waals surface area contributed by atoms with E-state index >= 15 is 0 Å². The second-order valence-corrected chi connectivity index (χ2v) is 5.39. The highest BCUT2D eigenvalue weighted by Crippen LogP contribution is 2.29. The van der Waals surface area contributed by atoms with Crippen molar-refractivity contribution in [1.29, 1.82) is 0 Å². The van der Waals surface area contributed by atoms with Gasteiger partial charge in [0.05, 0.1) is 12.0 Å². The summed E-state index contributed by atoms with van der Waals surface area (Å²) in [4.78, 5) is 11.0. The number of aromatic hydroxyl groups is 1. The minimum atomic E-state index is -0.0867. The lowest BCUT2D eigenvalue weighted by Gasteiger charge is -2.08. The molecule has 1 aromatic carbocycles. The van der Waals surface area contributed by atoms with E-state index in [1.54, 1.807) is 13.0 Å². The van der Waals surface area contributed by atoms with Crippen molar-refractivity contribution in [2.24, 2.45) is 10.2 Å². The van der Waals surface area contributed by atoms with Crippen LogP contribution in [0.15, 0.2) is 16.3 Å². The Balaban J connectivity index is 2.24. The van der Waals surface area contributed by atoms with E-state index in [4.69, 9.17) is 11.6 Å². The van der Waals surface area contributed by atoms with Crippen LogP contribution in [0.25, 0.3) is 0 Å². The molecule has 100 valence electrons. The molecule has 2 N–H and O–H groups in total. The van der Waals surface area contributed by atoms with E-state index in [2.05, 4.69) is 15.5 Å². The van der Waals surface area contributed by atoms with E-state index in [9.17, 15) is 9.90 Å². The second kappa shape index (κ2) is 5.63. The van der Waals surface area contributed by atoms with Crippen molar-refractivity contribution in [3.63, 3.8) is 0 Å². The number of hydrogen-bond donors (Lipinski definition) is 2. The molecule has 1 heterocycles. The Kier molecular flexibility index (Phi) is 4.11. The van der Waals surface area contributed by atoms with Crippen LogP contribution in [-0.2, 0) is 4.79 Å². The summed E-state index contributed by atoms with van der Waals surface area (Å²) in [5.41, 5.74) is 2.07. The van der Waals surface area contributed by atoms with Crippen LogP contribution in [0.5, 0.6) is 5.75 Å². The topological polar surface area (TPSA) is 74.1 Å². The average Bonchev–Trinajstić information content (AvgIpc) is 2.77. The number of aryl methyl sites for hydroxylation is 1. The van der Waals surface area contributed by atoms with Crippen LogP contribution in [0.3, 0.4) is 0 Å². The molecule has 1 amide bonds. The van der Waals surface area contributed by atoms with Crippen LogP contribution in [-0.4, -0.2) is 28.1 Å². The highest BCUT2D eigenvalue weighted by Gasteiger charge is 2.16. The number of phenolic OH excluding ortho intramolecular Hbond substituents is 1. The van der Waals surface area contributed by atoms with Crippen LogP contribution >= 0.6 is 23.4 Å². The summed E-state index contributed by atoms with van der Waals surface area (Å²) in [6.07, 6.45) is 1.42. The molecule has 1 fully saturated rings. The molecular formula is C12H12ClN3O2S. The van der Waals surface area contributed by atoms with Gasteiger partial charge in [0.2, 0.25) is 5.91 Å². The first-order chi connectivity index (χ1) is 8.99. The quantitative estimate of drug-likeness (QED) is 0.649. The number of nitrogens with one attached hydrogen (secondary N) is 1. The third-order valence-electron chi connectivity index (χ3n) is 2.63. The zero-order valence-corrected chi connectivity index (χ0v) is 12.0. The van der Waals surface area contributed by atoms with E-state index in [-0.39, 0.29) is 11.7 Å². The molecule has 1 aromatic rings. The van der Waals surface area contributed by atoms with Crippen molar-refractivity contribution in [2.45, 2.75) is 13.8 Å². The van der Waals surface area contributed by atoms with Gasteiger partial charge in [-0.3, -0.25) is 4.79 Å². The van der Waals surface area contributed by atoms with Gasteiger partial charge in [-0.15, -0.1) is 5.10 Å². The molecule has 0 saturated carbocycles. The fourth-order valence-electron chi connectivity index (χ4n) is 1.63. The van der Waals surface area contributed by atoms with Gasteiger partial charge in [-0.2, -0.15) is 5.10 Å². The zero-order chi connectivity index (χ0) is 14.0. The standard InChI is InChI=1S/C12H12ClN3O2S/c1-6-3-9(17)8(7(2)11(6)13)4-14-16-12-15-10(18)5-19-12/h3-4,17H,5H2,1-2H3,(H,15,16,18). The first kappa shape index (κ1) is 13.9. The molecule has 0 aromatic heterocycles. The molecule has 5 nitrogen and oxygen atoms in total. The van der Waals surface area contributed by atoms with Crippen LogP contribution < -0.4 is 5.32 Å². The maximum atomic E-state index is 11.0. The zero-order valence-electron chi connectivity index (χ0n) is 10.4. The molecule has 0 spiro atoms. The fourth-order valence-corrected chi connectivity index (χ4v) is 2.42. The number of amidine groups is 1. The van der Waals surface area contributed by atoms with E-state index in [0.29, 0.717) is 21.5 Å². The molecule has 0 aliphatic carbocycles. The maximum absolute atomic E-state index is 11.0. The Morgan fingerprint density at radius 1 is 1.53 bits per heavy atom. The van der Waals surface area contributed by atoms with Crippen molar-refractivity contribution in [1.82, 2.24) is 5.32 Å². The Morgan fingerprint density at radius 2 is 2.26 bits per heavy atom. The third-order valence-corrected chi connectivity index (χ3v) is 4.08. The van der Waals surface area contributed by atoms with Gasteiger partial charge >= 0.3 is 0 Å². The number of amides is 1. The summed E-state index contributed by atoms with van der Waals surface area (Å²) in [6, 6.07) is 1.58. The Morgan fingerprint density at radius 3 is 2.89 bits per heavy atom. The molecule has 0 bridgehead atoms. The van der Waals surface area contributed by atoms with Crippen molar-refractivity contribution in [2.75, 3.05) is 5.75 Å². The monoisotopic (exact) mass is 297 g/mol. The van der Waals surface area contributed by atoms with Gasteiger partial charge in [0.15, 0.2) is 5.17 Å². The number of rotatable bonds is 2. The third kappa shape index (κ3) is 3.08. The number of benzene rings is 1. The van der Waals surface area contributed by atoms with Gasteiger partial charge in [0, 0.05) is 10.6 Å². The lowest BCUT2D eigenvalue weighted by atomic mass is 10.1. The Labute approximate surface area is 119 Å². The molecule has 0 atom stereocenters. The molecule has 1 saturated heterocycles. The van der Waals surface area contributed by atoms with E-state index in [1.807, 2.05) is 6.92 Å². The number of nitrogens with zero attached hydrogens (tertiary/aromatic N) is 2. The van der Waals surface area contributed by atoms with Gasteiger partial charge in [-0.1, -0.05) is 23.4 Å². The summed E-state index contributed by atoms with van der Waals surface area (Å²) in [5.74, 6) is 0.373. The molecule has 2 rings (SSSR count). The van der Waals surface area contributed by atoms with Crippen LogP contribution in [0.4, 0.5) is 0 Å². The second-order valence-electron chi connectivity index (χ2n) is 4.05. The number of halogens is 1. The number of carbonyl (C=O) groups excluding carboxylic acids is 1. The number of carbonyl (C=O) groups is 1. The summed E-state index contributed by atoms with van der Waals surface area (Å²) in [6.45, 7) is 3.62. The molecule has 1 aliphatic heterocycles. The summed E-state index contributed by atoms with van der Waals surface area (Å²) in [5, 5.41) is 21.2. The summed E-state index contributed by atoms with van der Waals surface area (Å²) >= 11 is 7.40. The van der Waals surface area contributed by atoms with E-state index < -0.39 is 0 Å². The molecular weight excluding hydrogens is 286 g/mol. The predicted molar refractivity (Wildman–Crippen MR) is 78.2 cm³/mol. The number of hydrogen-bond acceptors (Lipinski definition) is 5. The van der Waals surface area contributed by atoms with Crippen LogP contribution in [0.2, 0.25) is 5.02 Å². The number of phenols is 1. The van der Waals surface area contributed by atoms with Crippen molar-refractivity contribution in [3.8, 4) is 5.75 Å². The van der Waals surface area contributed by atoms with Crippen molar-refractivity contribution < 1.29 is 9.90 Å². The van der Waals surface area contributed by atoms with Crippen LogP contribution in [0, 0.1) is 13.8 Å². The van der Waals surface area contributed by atoms with Gasteiger partial charge in [0.25, 0.3) is 0 Å². The lowest BCUT2D eigenvalue weighted by Crippen LogP contribution is -2.19. The largest absolute Gasteiger partial charge is 0.507 e. The summed E-state index contributed by atoms with van der Waals surface area (Å²) < 4.78 is 0. The highest BCUT2D eigenvalue weighted by molar-refractivity contribution is 8.15. The molecule has 7 heteroatoms. The lowest BCUT2D eigenvalue weighted by molar-refractivity contribution is -0.116. The van der Waals surface area contributed by atoms with Crippen molar-refractivity contribution >= 4 is 40.7 Å². The average molecular weight is 298 g/mol. The van der Waals surface area contributed by atoms with E-state index in [1.165, 1.54) is 18.0 Å². The van der Waals surface area contributed by atoms with E-state index in [0.717, 1.165) is 11.1 Å². The smallest absolute Gasteiger partial charge is 0.236 e. The molecule has 0 unspecified atom stereocenters. The Bertz CT molecular complexity index is 599. The minimum absolute atomic E-state index is 0.0867. The first-order valence-corrected chi connectivity index (χ1v) is 6.87. The minimum Gasteiger partial charge on any atom is -0.507 e. The van der Waals surface area contributed by atoms with Gasteiger partial charge in [-0.25, -0.2) is 0 Å². The van der Waals surface area contributed by atoms with Crippen molar-refractivity contribution in [3.05, 3.63) is 27.8 Å². The molecule has 0 radical (unpaired) electrons. The molecule has 19 heavy (non-hydrogen) atoms. The molecule has 1 aliphatic rings. The normalized spacial score (nSPS) is 17.4. The van der Waals surface area contributed by atoms with Gasteiger partial charge < -0.3 is 10.4 Å². The van der Waals surface area contributed by atoms with Gasteiger partial charge in [0.1, 0.15) is 5.75 Å². The SMILES string of the molecule is Cc1cc(O)c(C=NN=C2NC(=O)CS2)c(C)c1Cl. The highest BCUT2D eigenvalue weighted by atomic mass is 35.5. The number of thioether (sulfide) groups is 1. The Hall–Kier alpha value is -1.53. The maximum Gasteiger partial charge on any atom is 0.236 e. The van der Waals surface area contributed by atoms with Crippen LogP contribution in [0.1, 0.15) is 16.7 Å². The first-order valence-electron chi connectivity index (χ1n) is 5.51. The predicted octanol–water partition coefficient (Wildman–Crippen LogP) is 2.22. The van der Waals surface area contributed by atoms with Gasteiger partial charge in [-0.05, 0) is 31.0 Å². The fraction of sp³-hybridized carbons (Fsp3) is 0.250.